The number of aromatic nitrogens is 4. The zero-order valence-corrected chi connectivity index (χ0v) is 15.7. The van der Waals surface area contributed by atoms with Crippen LogP contribution in [0.1, 0.15) is 13.3 Å². The highest BCUT2D eigenvalue weighted by molar-refractivity contribution is 5.78. The smallest absolute Gasteiger partial charge is 0.293 e. The van der Waals surface area contributed by atoms with Crippen LogP contribution in [0.3, 0.4) is 0 Å². The van der Waals surface area contributed by atoms with E-state index in [-0.39, 0.29) is 11.4 Å². The second-order valence-electron chi connectivity index (χ2n) is 5.94. The lowest BCUT2D eigenvalue weighted by atomic mass is 10.1. The molecule has 0 aliphatic heterocycles. The Morgan fingerprint density at radius 2 is 1.96 bits per heavy atom. The average Bonchev–Trinajstić information content (AvgIpc) is 2.72. The van der Waals surface area contributed by atoms with Crippen molar-refractivity contribution in [3.8, 4) is 17.0 Å². The van der Waals surface area contributed by atoms with E-state index in [0.29, 0.717) is 36.8 Å². The van der Waals surface area contributed by atoms with Crippen molar-refractivity contribution in [2.24, 2.45) is 0 Å². The second-order valence-corrected chi connectivity index (χ2v) is 5.94. The quantitative estimate of drug-likeness (QED) is 0.609. The highest BCUT2D eigenvalue weighted by atomic mass is 16.5. The molecule has 0 radical (unpaired) electrons. The molecule has 0 aliphatic rings. The number of hydrogen-bond acceptors (Lipinski definition) is 7. The molecule has 1 N–H and O–H groups in total. The van der Waals surface area contributed by atoms with Crippen LogP contribution in [0.5, 0.6) is 5.88 Å². The van der Waals surface area contributed by atoms with Gasteiger partial charge in [0, 0.05) is 49.8 Å². The fourth-order valence-electron chi connectivity index (χ4n) is 2.74. The molecule has 0 bridgehead atoms. The van der Waals surface area contributed by atoms with Crippen LogP contribution >= 0.6 is 0 Å². The highest BCUT2D eigenvalue weighted by Gasteiger charge is 2.12. The summed E-state index contributed by atoms with van der Waals surface area (Å²) in [4.78, 5) is 25.7. The molecule has 8 nitrogen and oxygen atoms in total. The van der Waals surface area contributed by atoms with Gasteiger partial charge in [0.15, 0.2) is 11.5 Å². The predicted octanol–water partition coefficient (Wildman–Crippen LogP) is 2.33. The van der Waals surface area contributed by atoms with Crippen molar-refractivity contribution in [1.29, 1.82) is 0 Å². The van der Waals surface area contributed by atoms with Crippen molar-refractivity contribution in [2.45, 2.75) is 19.9 Å². The Bertz CT molecular complexity index is 969. The predicted molar refractivity (Wildman–Crippen MR) is 104 cm³/mol. The zero-order valence-electron chi connectivity index (χ0n) is 15.7. The maximum Gasteiger partial charge on any atom is 0.293 e. The van der Waals surface area contributed by atoms with Crippen LogP contribution in [0, 0.1) is 0 Å². The van der Waals surface area contributed by atoms with Gasteiger partial charge in [0.05, 0.1) is 19.2 Å². The van der Waals surface area contributed by atoms with Crippen molar-refractivity contribution in [3.63, 3.8) is 0 Å². The van der Waals surface area contributed by atoms with Crippen molar-refractivity contribution in [3.05, 3.63) is 40.9 Å². The number of anilines is 1. The minimum atomic E-state index is -0.197. The standard InChI is InChI=1S/C19H23N5O3/c1-4-8-27-9-7-24-15-10-14(13-5-6-16(26-3)21-11-13)12-22-17(15)23-18(20-2)19(24)25/h5-6,10-12H,4,7-9H2,1-3H3,(H,20,22,23). The van der Waals surface area contributed by atoms with E-state index in [1.54, 1.807) is 37.2 Å². The third kappa shape index (κ3) is 4.06. The number of nitrogens with one attached hydrogen (secondary N) is 1. The summed E-state index contributed by atoms with van der Waals surface area (Å²) in [6, 6.07) is 5.59. The normalized spacial score (nSPS) is 10.9. The molecule has 0 fully saturated rings. The van der Waals surface area contributed by atoms with Gasteiger partial charge in [0.25, 0.3) is 5.56 Å². The summed E-state index contributed by atoms with van der Waals surface area (Å²) in [6.45, 7) is 3.59. The number of rotatable bonds is 8. The molecule has 8 heteroatoms. The lowest BCUT2D eigenvalue weighted by molar-refractivity contribution is 0.127. The van der Waals surface area contributed by atoms with Crippen LogP contribution in [0.15, 0.2) is 35.4 Å². The van der Waals surface area contributed by atoms with Gasteiger partial charge in [-0.25, -0.2) is 15.0 Å². The second kappa shape index (κ2) is 8.59. The van der Waals surface area contributed by atoms with E-state index in [1.165, 1.54) is 0 Å². The van der Waals surface area contributed by atoms with E-state index in [1.807, 2.05) is 19.1 Å². The summed E-state index contributed by atoms with van der Waals surface area (Å²) in [5.41, 5.74) is 2.69. The Hall–Kier alpha value is -3.00. The van der Waals surface area contributed by atoms with E-state index >= 15 is 0 Å². The fraction of sp³-hybridized carbons (Fsp3) is 0.368. The number of nitrogens with zero attached hydrogens (tertiary/aromatic N) is 4. The molecule has 3 aromatic rings. The molecule has 3 heterocycles. The van der Waals surface area contributed by atoms with Crippen molar-refractivity contribution in [2.75, 3.05) is 32.7 Å². The zero-order chi connectivity index (χ0) is 19.2. The van der Waals surface area contributed by atoms with Gasteiger partial charge < -0.3 is 14.8 Å². The van der Waals surface area contributed by atoms with Crippen molar-refractivity contribution in [1.82, 2.24) is 19.5 Å². The van der Waals surface area contributed by atoms with Crippen LogP contribution in [-0.2, 0) is 11.3 Å². The molecule has 3 rings (SSSR count). The SMILES string of the molecule is CCCOCCn1c(=O)c(NC)nc2ncc(-c3ccc(OC)nc3)cc21. The Labute approximate surface area is 157 Å². The number of hydrogen-bond donors (Lipinski definition) is 1. The van der Waals surface area contributed by atoms with Crippen molar-refractivity contribution < 1.29 is 9.47 Å². The Morgan fingerprint density at radius 1 is 1.15 bits per heavy atom. The summed E-state index contributed by atoms with van der Waals surface area (Å²) in [6.07, 6.45) is 4.37. The molecule has 0 aromatic carbocycles. The van der Waals surface area contributed by atoms with Crippen LogP contribution in [0.25, 0.3) is 22.3 Å². The summed E-state index contributed by atoms with van der Waals surface area (Å²) < 4.78 is 12.3. The molecule has 27 heavy (non-hydrogen) atoms. The molecule has 0 spiro atoms. The molecule has 0 saturated carbocycles. The van der Waals surface area contributed by atoms with Gasteiger partial charge >= 0.3 is 0 Å². The van der Waals surface area contributed by atoms with Gasteiger partial charge in [-0.2, -0.15) is 0 Å². The first-order valence-electron chi connectivity index (χ1n) is 8.84. The van der Waals surface area contributed by atoms with Gasteiger partial charge in [0.1, 0.15) is 0 Å². The minimum absolute atomic E-state index is 0.197. The van der Waals surface area contributed by atoms with E-state index in [4.69, 9.17) is 9.47 Å². The number of pyridine rings is 2. The molecular weight excluding hydrogens is 346 g/mol. The number of fused-ring (bicyclic) bond motifs is 1. The third-order valence-electron chi connectivity index (χ3n) is 4.13. The van der Waals surface area contributed by atoms with E-state index in [2.05, 4.69) is 20.3 Å². The van der Waals surface area contributed by atoms with Crippen molar-refractivity contribution >= 4 is 17.0 Å². The van der Waals surface area contributed by atoms with Crippen LogP contribution in [-0.4, -0.2) is 46.9 Å². The first-order chi connectivity index (χ1) is 13.2. The third-order valence-corrected chi connectivity index (χ3v) is 4.13. The number of ether oxygens (including phenoxy) is 2. The lowest BCUT2D eigenvalue weighted by Gasteiger charge is -2.13. The lowest BCUT2D eigenvalue weighted by Crippen LogP contribution is -2.26. The van der Waals surface area contributed by atoms with Gasteiger partial charge in [-0.15, -0.1) is 0 Å². The average molecular weight is 369 g/mol. The van der Waals surface area contributed by atoms with Crippen LogP contribution in [0.4, 0.5) is 5.82 Å². The summed E-state index contributed by atoms with van der Waals surface area (Å²) >= 11 is 0. The van der Waals surface area contributed by atoms with Gasteiger partial charge in [0.2, 0.25) is 5.88 Å². The molecular formula is C19H23N5O3. The van der Waals surface area contributed by atoms with Crippen LogP contribution < -0.4 is 15.6 Å². The first-order valence-corrected chi connectivity index (χ1v) is 8.84. The molecule has 0 amide bonds. The maximum atomic E-state index is 12.7. The van der Waals surface area contributed by atoms with Gasteiger partial charge in [-0.05, 0) is 18.6 Å². The molecule has 3 aromatic heterocycles. The molecule has 0 aliphatic carbocycles. The topological polar surface area (TPSA) is 91.2 Å². The van der Waals surface area contributed by atoms with E-state index in [0.717, 1.165) is 17.5 Å². The van der Waals surface area contributed by atoms with Crippen LogP contribution in [0.2, 0.25) is 0 Å². The Kier molecular flexibility index (Phi) is 5.97. The fourth-order valence-corrected chi connectivity index (χ4v) is 2.74. The molecule has 0 unspecified atom stereocenters. The van der Waals surface area contributed by atoms with Gasteiger partial charge in [-0.1, -0.05) is 6.92 Å². The van der Waals surface area contributed by atoms with Gasteiger partial charge in [-0.3, -0.25) is 9.36 Å². The number of methoxy groups -OCH3 is 1. The van der Waals surface area contributed by atoms with E-state index in [9.17, 15) is 4.79 Å². The summed E-state index contributed by atoms with van der Waals surface area (Å²) in [5.74, 6) is 0.808. The first kappa shape index (κ1) is 18.8. The minimum Gasteiger partial charge on any atom is -0.481 e. The molecule has 0 saturated heterocycles. The highest BCUT2D eigenvalue weighted by Crippen LogP contribution is 2.22. The summed E-state index contributed by atoms with van der Waals surface area (Å²) in [7, 11) is 3.24. The Morgan fingerprint density at radius 3 is 2.63 bits per heavy atom. The molecule has 0 atom stereocenters. The summed E-state index contributed by atoms with van der Waals surface area (Å²) in [5, 5.41) is 2.84. The largest absolute Gasteiger partial charge is 0.481 e. The monoisotopic (exact) mass is 369 g/mol. The molecule has 142 valence electrons. The Balaban J connectivity index is 2.05. The maximum absolute atomic E-state index is 12.7. The van der Waals surface area contributed by atoms with E-state index < -0.39 is 0 Å².